The third-order valence-corrected chi connectivity index (χ3v) is 8.16. The monoisotopic (exact) mass is 459 g/mol. The number of ether oxygens (including phenoxy) is 1. The van der Waals surface area contributed by atoms with E-state index in [1.165, 1.54) is 16.5 Å². The van der Waals surface area contributed by atoms with Gasteiger partial charge in [0.25, 0.3) is 0 Å². The summed E-state index contributed by atoms with van der Waals surface area (Å²) >= 11 is 1.66. The van der Waals surface area contributed by atoms with Crippen LogP contribution in [0.2, 0.25) is 0 Å². The molecule has 2 aromatic carbocycles. The van der Waals surface area contributed by atoms with Gasteiger partial charge in [-0.05, 0) is 79.7 Å². The van der Waals surface area contributed by atoms with E-state index in [-0.39, 0.29) is 11.7 Å². The summed E-state index contributed by atoms with van der Waals surface area (Å²) < 4.78 is 7.65. The van der Waals surface area contributed by atoms with Crippen molar-refractivity contribution in [1.82, 2.24) is 4.98 Å². The summed E-state index contributed by atoms with van der Waals surface area (Å²) in [5, 5.41) is 12.0. The summed E-state index contributed by atoms with van der Waals surface area (Å²) in [6.45, 7) is 8.60. The average molecular weight is 460 g/mol. The minimum Gasteiger partial charge on any atom is -0.490 e. The van der Waals surface area contributed by atoms with Crippen molar-refractivity contribution in [2.75, 3.05) is 0 Å². The SMILES string of the molecule is Cc1c(-c2cc(C(=O)O)c3c(OC4C[C@@H](C)C[C@@H](C)C4)ccc(C)c3n2)sc2ccccc12. The van der Waals surface area contributed by atoms with Gasteiger partial charge in [0.1, 0.15) is 5.75 Å². The summed E-state index contributed by atoms with van der Waals surface area (Å²) in [5.41, 5.74) is 3.75. The van der Waals surface area contributed by atoms with Crippen LogP contribution < -0.4 is 4.74 Å². The molecule has 2 aromatic heterocycles. The van der Waals surface area contributed by atoms with Gasteiger partial charge in [-0.3, -0.25) is 0 Å². The number of nitrogens with zero attached hydrogens (tertiary/aromatic N) is 1. The zero-order valence-corrected chi connectivity index (χ0v) is 20.3. The highest BCUT2D eigenvalue weighted by atomic mass is 32.1. The van der Waals surface area contributed by atoms with Crippen molar-refractivity contribution in [2.45, 2.75) is 53.1 Å². The number of carbonyl (C=O) groups is 1. The number of fused-ring (bicyclic) bond motifs is 2. The van der Waals surface area contributed by atoms with Crippen LogP contribution in [0.4, 0.5) is 0 Å². The van der Waals surface area contributed by atoms with E-state index in [0.29, 0.717) is 34.2 Å². The van der Waals surface area contributed by atoms with Gasteiger partial charge in [-0.15, -0.1) is 11.3 Å². The third kappa shape index (κ3) is 3.99. The Hall–Kier alpha value is -2.92. The Morgan fingerprint density at radius 3 is 2.48 bits per heavy atom. The third-order valence-electron chi connectivity index (χ3n) is 6.86. The molecule has 0 saturated heterocycles. The summed E-state index contributed by atoms with van der Waals surface area (Å²) in [6.07, 6.45) is 3.30. The van der Waals surface area contributed by atoms with Gasteiger partial charge in [0.05, 0.1) is 33.1 Å². The molecule has 1 N–H and O–H groups in total. The quantitative estimate of drug-likeness (QED) is 0.341. The minimum absolute atomic E-state index is 0.0980. The maximum Gasteiger partial charge on any atom is 0.336 e. The Bertz CT molecular complexity index is 1360. The van der Waals surface area contributed by atoms with Gasteiger partial charge in [-0.2, -0.15) is 0 Å². The van der Waals surface area contributed by atoms with Crippen LogP contribution >= 0.6 is 11.3 Å². The molecule has 1 aliphatic carbocycles. The number of pyridine rings is 1. The number of carboxylic acids is 1. The lowest BCUT2D eigenvalue weighted by Gasteiger charge is -2.32. The van der Waals surface area contributed by atoms with Crippen LogP contribution in [0.1, 0.15) is 54.6 Å². The fraction of sp³-hybridized carbons (Fsp3) is 0.357. The first-order valence-corrected chi connectivity index (χ1v) is 12.5. The Morgan fingerprint density at radius 2 is 1.79 bits per heavy atom. The molecule has 1 saturated carbocycles. The topological polar surface area (TPSA) is 59.4 Å². The van der Waals surface area contributed by atoms with Crippen molar-refractivity contribution in [3.05, 3.63) is 59.2 Å². The molecule has 4 nitrogen and oxygen atoms in total. The first kappa shape index (κ1) is 21.9. The Kier molecular flexibility index (Phi) is 5.61. The predicted molar refractivity (Wildman–Crippen MR) is 136 cm³/mol. The highest BCUT2D eigenvalue weighted by molar-refractivity contribution is 7.22. The normalized spacial score (nSPS) is 20.9. The van der Waals surface area contributed by atoms with Crippen molar-refractivity contribution < 1.29 is 14.6 Å². The zero-order chi connectivity index (χ0) is 23.3. The molecule has 1 fully saturated rings. The molecular formula is C28H29NO3S. The number of hydrogen-bond acceptors (Lipinski definition) is 4. The summed E-state index contributed by atoms with van der Waals surface area (Å²) in [6, 6.07) is 13.9. The van der Waals surface area contributed by atoms with E-state index in [1.54, 1.807) is 17.4 Å². The molecule has 0 amide bonds. The molecule has 0 bridgehead atoms. The lowest BCUT2D eigenvalue weighted by molar-refractivity contribution is 0.0697. The Morgan fingerprint density at radius 1 is 1.06 bits per heavy atom. The molecule has 1 aliphatic rings. The van der Waals surface area contributed by atoms with E-state index in [9.17, 15) is 9.90 Å². The predicted octanol–water partition coefficient (Wildman–Crippen LogP) is 7.64. The van der Waals surface area contributed by atoms with Gasteiger partial charge in [-0.1, -0.05) is 38.1 Å². The maximum atomic E-state index is 12.4. The Labute approximate surface area is 198 Å². The first-order chi connectivity index (χ1) is 15.8. The molecule has 5 heteroatoms. The van der Waals surface area contributed by atoms with E-state index in [0.717, 1.165) is 28.8 Å². The number of carboxylic acid groups (broad SMARTS) is 1. The molecule has 4 aromatic rings. The van der Waals surface area contributed by atoms with Gasteiger partial charge in [-0.25, -0.2) is 9.78 Å². The fourth-order valence-corrected chi connectivity index (χ4v) is 6.56. The molecule has 170 valence electrons. The van der Waals surface area contributed by atoms with Crippen LogP contribution in [0.3, 0.4) is 0 Å². The van der Waals surface area contributed by atoms with Crippen molar-refractivity contribution >= 4 is 38.3 Å². The van der Waals surface area contributed by atoms with Crippen molar-refractivity contribution in [1.29, 1.82) is 0 Å². The number of benzene rings is 2. The van der Waals surface area contributed by atoms with E-state index >= 15 is 0 Å². The molecule has 0 radical (unpaired) electrons. The van der Waals surface area contributed by atoms with Gasteiger partial charge in [0.2, 0.25) is 0 Å². The zero-order valence-electron chi connectivity index (χ0n) is 19.5. The van der Waals surface area contributed by atoms with Gasteiger partial charge in [0.15, 0.2) is 0 Å². The highest BCUT2D eigenvalue weighted by Gasteiger charge is 2.27. The van der Waals surface area contributed by atoms with Crippen LogP contribution in [0.15, 0.2) is 42.5 Å². The number of hydrogen-bond donors (Lipinski definition) is 1. The molecule has 0 spiro atoms. The second-order valence-corrected chi connectivity index (χ2v) is 10.7. The molecule has 3 atom stereocenters. The molecular weight excluding hydrogens is 430 g/mol. The largest absolute Gasteiger partial charge is 0.490 e. The first-order valence-electron chi connectivity index (χ1n) is 11.6. The van der Waals surface area contributed by atoms with Crippen molar-refractivity contribution in [3.8, 4) is 16.3 Å². The van der Waals surface area contributed by atoms with Gasteiger partial charge < -0.3 is 9.84 Å². The van der Waals surface area contributed by atoms with Crippen LogP contribution in [-0.2, 0) is 0 Å². The lowest BCUT2D eigenvalue weighted by atomic mass is 9.82. The minimum atomic E-state index is -0.955. The number of aryl methyl sites for hydroxylation is 2. The summed E-state index contributed by atoms with van der Waals surface area (Å²) in [4.78, 5) is 18.4. The number of aromatic carboxylic acids is 1. The van der Waals surface area contributed by atoms with Gasteiger partial charge in [0, 0.05) is 4.70 Å². The second kappa shape index (κ2) is 8.45. The lowest BCUT2D eigenvalue weighted by Crippen LogP contribution is -2.28. The molecule has 2 heterocycles. The molecule has 1 unspecified atom stereocenters. The van der Waals surface area contributed by atoms with Crippen LogP contribution in [-0.4, -0.2) is 22.2 Å². The van der Waals surface area contributed by atoms with Gasteiger partial charge >= 0.3 is 5.97 Å². The highest BCUT2D eigenvalue weighted by Crippen LogP contribution is 2.41. The maximum absolute atomic E-state index is 12.4. The van der Waals surface area contributed by atoms with Crippen molar-refractivity contribution in [3.63, 3.8) is 0 Å². The second-order valence-electron chi connectivity index (χ2n) is 9.67. The van der Waals surface area contributed by atoms with Crippen LogP contribution in [0, 0.1) is 25.7 Å². The summed E-state index contributed by atoms with van der Waals surface area (Å²) in [5.74, 6) is 0.889. The average Bonchev–Trinajstić information content (AvgIpc) is 3.11. The molecule has 0 aliphatic heterocycles. The Balaban J connectivity index is 1.67. The molecule has 5 rings (SSSR count). The number of aromatic nitrogens is 1. The van der Waals surface area contributed by atoms with E-state index in [1.807, 2.05) is 31.2 Å². The van der Waals surface area contributed by atoms with Crippen LogP contribution in [0.5, 0.6) is 5.75 Å². The van der Waals surface area contributed by atoms with Crippen LogP contribution in [0.25, 0.3) is 31.6 Å². The summed E-state index contributed by atoms with van der Waals surface area (Å²) in [7, 11) is 0. The standard InChI is InChI=1S/C28H29NO3S/c1-15-11-16(2)13-19(12-15)32-23-10-9-17(3)26-25(23)21(28(30)31)14-22(29-26)27-18(4)20-7-5-6-8-24(20)33-27/h5-10,14-16,19H,11-13H2,1-4H3,(H,30,31)/t15-,16+,19?. The smallest absolute Gasteiger partial charge is 0.336 e. The molecule has 33 heavy (non-hydrogen) atoms. The van der Waals surface area contributed by atoms with E-state index in [4.69, 9.17) is 9.72 Å². The fourth-order valence-electron chi connectivity index (χ4n) is 5.39. The van der Waals surface area contributed by atoms with E-state index in [2.05, 4.69) is 32.9 Å². The van der Waals surface area contributed by atoms with E-state index < -0.39 is 5.97 Å². The van der Waals surface area contributed by atoms with Crippen molar-refractivity contribution in [2.24, 2.45) is 11.8 Å². The number of thiophene rings is 1. The number of rotatable bonds is 4.